The fourth-order valence-electron chi connectivity index (χ4n) is 2.12. The summed E-state index contributed by atoms with van der Waals surface area (Å²) < 4.78 is 5.10. The van der Waals surface area contributed by atoms with Crippen molar-refractivity contribution in [1.82, 2.24) is 0 Å². The molecule has 2 rings (SSSR count). The number of rotatable bonds is 4. The maximum atomic E-state index is 11.2. The number of aliphatic hydroxyl groups excluding tert-OH is 1. The molecule has 0 saturated heterocycles. The van der Waals surface area contributed by atoms with Gasteiger partial charge in [0.15, 0.2) is 17.8 Å². The van der Waals surface area contributed by atoms with Gasteiger partial charge in [-0.1, -0.05) is 12.1 Å². The van der Waals surface area contributed by atoms with Crippen molar-refractivity contribution in [1.29, 1.82) is 0 Å². The highest BCUT2D eigenvalue weighted by molar-refractivity contribution is 5.92. The minimum atomic E-state index is -0.334. The molecule has 0 unspecified atom stereocenters. The number of aldehydes is 1. The third-order valence-corrected chi connectivity index (χ3v) is 3.06. The smallest absolute Gasteiger partial charge is 0.166 e. The van der Waals surface area contributed by atoms with Gasteiger partial charge in [-0.25, -0.2) is 0 Å². The molecule has 5 nitrogen and oxygen atoms in total. The molecule has 0 radical (unpaired) electrons. The monoisotopic (exact) mass is 273 g/mol. The number of methoxy groups -OCH3 is 1. The molecule has 104 valence electrons. The average Bonchev–Trinajstić information content (AvgIpc) is 2.47. The van der Waals surface area contributed by atoms with Gasteiger partial charge in [-0.15, -0.1) is 0 Å². The molecule has 5 heteroatoms. The van der Waals surface area contributed by atoms with Crippen LogP contribution in [-0.4, -0.2) is 23.6 Å². The van der Waals surface area contributed by atoms with E-state index in [1.165, 1.54) is 13.2 Å². The van der Waals surface area contributed by atoms with Crippen molar-refractivity contribution >= 4 is 12.0 Å². The Kier molecular flexibility index (Phi) is 3.91. The first-order chi connectivity index (χ1) is 9.62. The van der Waals surface area contributed by atoms with Gasteiger partial charge in [0.1, 0.15) is 0 Å². The summed E-state index contributed by atoms with van der Waals surface area (Å²) in [5, 5.41) is 19.6. The second-order valence-corrected chi connectivity index (χ2v) is 4.28. The molecule has 2 aromatic carbocycles. The minimum absolute atomic E-state index is 0.157. The summed E-state index contributed by atoms with van der Waals surface area (Å²) in [5.74, 6) is -0.0177. The Morgan fingerprint density at radius 2 is 1.95 bits per heavy atom. The van der Waals surface area contributed by atoms with Crippen LogP contribution in [0.15, 0.2) is 30.3 Å². The van der Waals surface area contributed by atoms with Crippen LogP contribution in [0.3, 0.4) is 0 Å². The number of nitrogen functional groups attached to an aromatic ring is 1. The lowest BCUT2D eigenvalue weighted by molar-refractivity contribution is 0.112. The van der Waals surface area contributed by atoms with Gasteiger partial charge >= 0.3 is 0 Å². The molecule has 0 saturated carbocycles. The van der Waals surface area contributed by atoms with Crippen LogP contribution in [-0.2, 0) is 6.61 Å². The van der Waals surface area contributed by atoms with Crippen molar-refractivity contribution in [2.45, 2.75) is 6.61 Å². The number of nitrogens with two attached hydrogens (primary N) is 1. The Bertz CT molecular complexity index is 635. The number of aliphatic hydroxyl groups is 1. The van der Waals surface area contributed by atoms with Gasteiger partial charge in [-0.2, -0.15) is 0 Å². The molecule has 2 aromatic rings. The first-order valence-corrected chi connectivity index (χ1v) is 5.97. The van der Waals surface area contributed by atoms with E-state index in [4.69, 9.17) is 10.5 Å². The van der Waals surface area contributed by atoms with Crippen molar-refractivity contribution in [3.8, 4) is 22.6 Å². The van der Waals surface area contributed by atoms with Crippen LogP contribution >= 0.6 is 0 Å². The first-order valence-electron chi connectivity index (χ1n) is 5.97. The molecule has 0 aliphatic heterocycles. The highest BCUT2D eigenvalue weighted by Crippen LogP contribution is 2.42. The van der Waals surface area contributed by atoms with Crippen molar-refractivity contribution < 1.29 is 19.7 Å². The standard InChI is InChI=1S/C15H15NO4/c1-20-15-11(8-18)6-10(7-17)13(14(15)19)9-2-4-12(16)5-3-9/h2-7,18-19H,8,16H2,1H3. The van der Waals surface area contributed by atoms with Gasteiger partial charge in [0.2, 0.25) is 0 Å². The highest BCUT2D eigenvalue weighted by Gasteiger charge is 2.19. The lowest BCUT2D eigenvalue weighted by Crippen LogP contribution is -1.98. The molecule has 0 aromatic heterocycles. The van der Waals surface area contributed by atoms with Gasteiger partial charge in [0.25, 0.3) is 0 Å². The molecule has 0 aliphatic carbocycles. The summed E-state index contributed by atoms with van der Waals surface area (Å²) in [4.78, 5) is 11.2. The van der Waals surface area contributed by atoms with Crippen LogP contribution < -0.4 is 10.5 Å². The molecular formula is C15H15NO4. The lowest BCUT2D eigenvalue weighted by Gasteiger charge is -2.15. The number of hydrogen-bond donors (Lipinski definition) is 3. The van der Waals surface area contributed by atoms with Crippen molar-refractivity contribution in [3.05, 3.63) is 41.5 Å². The topological polar surface area (TPSA) is 92.8 Å². The number of aromatic hydroxyl groups is 1. The van der Waals surface area contributed by atoms with E-state index in [1.807, 2.05) is 0 Å². The van der Waals surface area contributed by atoms with E-state index in [-0.39, 0.29) is 23.7 Å². The quantitative estimate of drug-likeness (QED) is 0.585. The highest BCUT2D eigenvalue weighted by atomic mass is 16.5. The summed E-state index contributed by atoms with van der Waals surface area (Å²) in [5.41, 5.74) is 7.83. The Balaban J connectivity index is 2.73. The number of carbonyl (C=O) groups is 1. The number of benzene rings is 2. The van der Waals surface area contributed by atoms with E-state index in [0.29, 0.717) is 28.7 Å². The number of ether oxygens (including phenoxy) is 1. The van der Waals surface area contributed by atoms with Gasteiger partial charge in [-0.05, 0) is 23.8 Å². The SMILES string of the molecule is COc1c(CO)cc(C=O)c(-c2ccc(N)cc2)c1O. The van der Waals surface area contributed by atoms with Gasteiger partial charge in [0.05, 0.1) is 13.7 Å². The summed E-state index contributed by atoms with van der Waals surface area (Å²) >= 11 is 0. The van der Waals surface area contributed by atoms with Crippen molar-refractivity contribution in [3.63, 3.8) is 0 Å². The fraction of sp³-hybridized carbons (Fsp3) is 0.133. The van der Waals surface area contributed by atoms with Crippen molar-refractivity contribution in [2.24, 2.45) is 0 Å². The minimum Gasteiger partial charge on any atom is -0.504 e. The summed E-state index contributed by atoms with van der Waals surface area (Å²) in [6.45, 7) is -0.334. The molecule has 0 bridgehead atoms. The first kappa shape index (κ1) is 13.9. The zero-order valence-electron chi connectivity index (χ0n) is 11.0. The zero-order valence-corrected chi connectivity index (χ0v) is 11.0. The predicted molar refractivity (Wildman–Crippen MR) is 75.8 cm³/mol. The summed E-state index contributed by atoms with van der Waals surface area (Å²) in [6.07, 6.45) is 0.629. The van der Waals surface area contributed by atoms with Gasteiger partial charge in [-0.3, -0.25) is 4.79 Å². The number of phenols is 1. The average molecular weight is 273 g/mol. The molecule has 4 N–H and O–H groups in total. The number of carbonyl (C=O) groups excluding carboxylic acids is 1. The molecule has 0 aliphatic rings. The molecule has 0 spiro atoms. The number of hydrogen-bond acceptors (Lipinski definition) is 5. The van der Waals surface area contributed by atoms with Crippen molar-refractivity contribution in [2.75, 3.05) is 12.8 Å². The van der Waals surface area contributed by atoms with Crippen LogP contribution in [0.1, 0.15) is 15.9 Å². The molecule has 0 amide bonds. The largest absolute Gasteiger partial charge is 0.504 e. The summed E-state index contributed by atoms with van der Waals surface area (Å²) in [6, 6.07) is 8.26. The predicted octanol–water partition coefficient (Wildman–Crippen LogP) is 1.95. The third-order valence-electron chi connectivity index (χ3n) is 3.06. The van der Waals surface area contributed by atoms with E-state index in [9.17, 15) is 15.0 Å². The number of anilines is 1. The van der Waals surface area contributed by atoms with Gasteiger partial charge < -0.3 is 20.7 Å². The van der Waals surface area contributed by atoms with Crippen LogP contribution in [0.4, 0.5) is 5.69 Å². The van der Waals surface area contributed by atoms with Gasteiger partial charge in [0, 0.05) is 22.4 Å². The maximum Gasteiger partial charge on any atom is 0.166 e. The van der Waals surface area contributed by atoms with E-state index < -0.39 is 0 Å². The Morgan fingerprint density at radius 1 is 1.30 bits per heavy atom. The Morgan fingerprint density at radius 3 is 2.45 bits per heavy atom. The summed E-state index contributed by atoms with van der Waals surface area (Å²) in [7, 11) is 1.39. The Hall–Kier alpha value is -2.53. The van der Waals surface area contributed by atoms with Crippen LogP contribution in [0, 0.1) is 0 Å². The molecule has 0 atom stereocenters. The van der Waals surface area contributed by atoms with Crippen LogP contribution in [0.2, 0.25) is 0 Å². The van der Waals surface area contributed by atoms with E-state index in [0.717, 1.165) is 0 Å². The maximum absolute atomic E-state index is 11.2. The van der Waals surface area contributed by atoms with E-state index in [1.54, 1.807) is 24.3 Å². The van der Waals surface area contributed by atoms with E-state index in [2.05, 4.69) is 0 Å². The Labute approximate surface area is 116 Å². The lowest BCUT2D eigenvalue weighted by atomic mass is 9.96. The molecule has 0 fully saturated rings. The normalized spacial score (nSPS) is 10.3. The molecule has 0 heterocycles. The third kappa shape index (κ3) is 2.31. The van der Waals surface area contributed by atoms with E-state index >= 15 is 0 Å². The zero-order chi connectivity index (χ0) is 14.7. The van der Waals surface area contributed by atoms with Crippen LogP contribution in [0.25, 0.3) is 11.1 Å². The number of phenolic OH excluding ortho intramolecular Hbond substituents is 1. The molecule has 20 heavy (non-hydrogen) atoms. The fourth-order valence-corrected chi connectivity index (χ4v) is 2.12. The molecular weight excluding hydrogens is 258 g/mol. The second kappa shape index (κ2) is 5.63. The van der Waals surface area contributed by atoms with Crippen LogP contribution in [0.5, 0.6) is 11.5 Å². The second-order valence-electron chi connectivity index (χ2n) is 4.28.